The standard InChI is InChI=1S/C38H45N5O5/c39-32(23-26-13-15-28(16-14-26)35(45)40-29-10-2-1-3-11-29)38(48)42-21-19-25(20-22-42)7-4-5-8-27-9-6-12-30-31(27)24-43(37(30)47)33-17-18-34(44)41-36(33)46/h6,9,12-16,25,29,32-33H,1-4,7,10-11,17-24,39H2,(H,40,45)(H,41,44,46)/t32-,33?/m0/s1. The minimum Gasteiger partial charge on any atom is -0.349 e. The van der Waals surface area contributed by atoms with Crippen molar-refractivity contribution in [3.63, 3.8) is 0 Å². The van der Waals surface area contributed by atoms with Gasteiger partial charge < -0.3 is 20.9 Å². The van der Waals surface area contributed by atoms with Crippen molar-refractivity contribution in [3.05, 3.63) is 70.3 Å². The molecule has 1 saturated carbocycles. The summed E-state index contributed by atoms with van der Waals surface area (Å²) in [5.41, 5.74) is 10.1. The molecular formula is C38H45N5O5. The molecule has 10 nitrogen and oxygen atoms in total. The second kappa shape index (κ2) is 15.2. The first-order chi connectivity index (χ1) is 23.3. The molecule has 48 heavy (non-hydrogen) atoms. The number of benzene rings is 2. The predicted octanol–water partition coefficient (Wildman–Crippen LogP) is 3.45. The number of rotatable bonds is 8. The molecule has 10 heteroatoms. The summed E-state index contributed by atoms with van der Waals surface area (Å²) in [7, 11) is 0. The summed E-state index contributed by atoms with van der Waals surface area (Å²) in [5, 5.41) is 5.49. The third-order valence-corrected chi connectivity index (χ3v) is 10.3. The van der Waals surface area contributed by atoms with Gasteiger partial charge in [-0.05, 0) is 86.3 Å². The summed E-state index contributed by atoms with van der Waals surface area (Å²) in [6.45, 7) is 1.66. The van der Waals surface area contributed by atoms with Crippen molar-refractivity contribution in [2.75, 3.05) is 13.1 Å². The number of hydrogen-bond donors (Lipinski definition) is 3. The van der Waals surface area contributed by atoms with Crippen LogP contribution in [0.2, 0.25) is 0 Å². The van der Waals surface area contributed by atoms with E-state index < -0.39 is 18.0 Å². The molecule has 2 aromatic rings. The molecule has 5 amide bonds. The maximum absolute atomic E-state index is 13.1. The van der Waals surface area contributed by atoms with Crippen molar-refractivity contribution in [2.45, 2.75) is 102 Å². The van der Waals surface area contributed by atoms with Crippen molar-refractivity contribution in [1.29, 1.82) is 0 Å². The lowest BCUT2D eigenvalue weighted by atomic mass is 9.91. The average molecular weight is 652 g/mol. The van der Waals surface area contributed by atoms with E-state index >= 15 is 0 Å². The molecule has 2 saturated heterocycles. The van der Waals surface area contributed by atoms with Gasteiger partial charge in [-0.2, -0.15) is 0 Å². The number of fused-ring (bicyclic) bond motifs is 1. The van der Waals surface area contributed by atoms with Crippen LogP contribution in [0.25, 0.3) is 0 Å². The monoisotopic (exact) mass is 651 g/mol. The molecule has 0 spiro atoms. The van der Waals surface area contributed by atoms with E-state index in [9.17, 15) is 24.0 Å². The molecule has 4 aliphatic rings. The maximum Gasteiger partial charge on any atom is 0.255 e. The molecule has 3 heterocycles. The van der Waals surface area contributed by atoms with Gasteiger partial charge in [0.25, 0.3) is 11.8 Å². The molecule has 252 valence electrons. The molecule has 3 aliphatic heterocycles. The minimum absolute atomic E-state index is 0.0359. The Kier molecular flexibility index (Phi) is 10.6. The first kappa shape index (κ1) is 33.4. The third-order valence-electron chi connectivity index (χ3n) is 10.3. The van der Waals surface area contributed by atoms with Gasteiger partial charge in [-0.1, -0.05) is 49.3 Å². The van der Waals surface area contributed by atoms with Crippen LogP contribution in [0.4, 0.5) is 0 Å². The molecule has 1 unspecified atom stereocenters. The van der Waals surface area contributed by atoms with Gasteiger partial charge in [0.1, 0.15) is 6.04 Å². The molecule has 1 aliphatic carbocycles. The van der Waals surface area contributed by atoms with E-state index in [0.717, 1.165) is 48.8 Å². The summed E-state index contributed by atoms with van der Waals surface area (Å²) in [6.07, 6.45) is 10.1. The van der Waals surface area contributed by atoms with Gasteiger partial charge in [-0.25, -0.2) is 0 Å². The van der Waals surface area contributed by atoms with Gasteiger partial charge in [0.15, 0.2) is 0 Å². The van der Waals surface area contributed by atoms with Crippen molar-refractivity contribution >= 4 is 29.5 Å². The van der Waals surface area contributed by atoms with Crippen molar-refractivity contribution in [3.8, 4) is 11.8 Å². The second-order valence-corrected chi connectivity index (χ2v) is 13.7. The Bertz CT molecular complexity index is 1610. The highest BCUT2D eigenvalue weighted by Crippen LogP contribution is 2.30. The first-order valence-corrected chi connectivity index (χ1v) is 17.5. The molecule has 4 N–H and O–H groups in total. The highest BCUT2D eigenvalue weighted by Gasteiger charge is 2.39. The Balaban J connectivity index is 0.936. The van der Waals surface area contributed by atoms with Crippen LogP contribution in [-0.4, -0.2) is 70.6 Å². The zero-order chi connectivity index (χ0) is 33.6. The fourth-order valence-electron chi connectivity index (χ4n) is 7.46. The summed E-state index contributed by atoms with van der Waals surface area (Å²) < 4.78 is 0. The zero-order valence-electron chi connectivity index (χ0n) is 27.5. The molecule has 3 fully saturated rings. The largest absolute Gasteiger partial charge is 0.349 e. The number of likely N-dealkylation sites (tertiary alicyclic amines) is 1. The van der Waals surface area contributed by atoms with Gasteiger partial charge in [-0.15, -0.1) is 0 Å². The molecule has 2 aromatic carbocycles. The summed E-state index contributed by atoms with van der Waals surface area (Å²) in [5.74, 6) is 6.01. The van der Waals surface area contributed by atoms with E-state index in [0.29, 0.717) is 55.9 Å². The van der Waals surface area contributed by atoms with Crippen LogP contribution in [0.5, 0.6) is 0 Å². The highest BCUT2D eigenvalue weighted by atomic mass is 16.2. The Labute approximate surface area is 282 Å². The predicted molar refractivity (Wildman–Crippen MR) is 180 cm³/mol. The molecule has 0 aromatic heterocycles. The summed E-state index contributed by atoms with van der Waals surface area (Å²) in [4.78, 5) is 66.2. The summed E-state index contributed by atoms with van der Waals surface area (Å²) in [6, 6.07) is 11.9. The maximum atomic E-state index is 13.1. The fourth-order valence-corrected chi connectivity index (χ4v) is 7.46. The van der Waals surface area contributed by atoms with Crippen LogP contribution in [0.3, 0.4) is 0 Å². The van der Waals surface area contributed by atoms with E-state index in [1.807, 2.05) is 41.3 Å². The van der Waals surface area contributed by atoms with Crippen LogP contribution in [0, 0.1) is 17.8 Å². The molecule has 6 rings (SSSR count). The number of imide groups is 1. The van der Waals surface area contributed by atoms with E-state index in [1.54, 1.807) is 11.0 Å². The molecular weight excluding hydrogens is 606 g/mol. The Hall–Kier alpha value is -4.49. The van der Waals surface area contributed by atoms with Crippen LogP contribution in [0.1, 0.15) is 108 Å². The normalized spacial score (nSPS) is 20.9. The number of carbonyl (C=O) groups excluding carboxylic acids is 5. The van der Waals surface area contributed by atoms with Crippen LogP contribution in [0.15, 0.2) is 42.5 Å². The molecule has 2 atom stereocenters. The fraction of sp³-hybridized carbons (Fsp3) is 0.500. The zero-order valence-corrected chi connectivity index (χ0v) is 27.5. The van der Waals surface area contributed by atoms with Gasteiger partial charge in [-0.3, -0.25) is 29.3 Å². The van der Waals surface area contributed by atoms with Crippen molar-refractivity contribution in [1.82, 2.24) is 20.4 Å². The lowest BCUT2D eigenvalue weighted by Gasteiger charge is -2.33. The van der Waals surface area contributed by atoms with Gasteiger partial charge >= 0.3 is 0 Å². The van der Waals surface area contributed by atoms with E-state index in [2.05, 4.69) is 22.5 Å². The SMILES string of the molecule is N[C@@H](Cc1ccc(C(=O)NC2CCCCC2)cc1)C(=O)N1CCC(CCC#Cc2cccc3c2CN(C2CCC(=O)NC2=O)C3=O)CC1. The van der Waals surface area contributed by atoms with Gasteiger partial charge in [0, 0.05) is 55.2 Å². The smallest absolute Gasteiger partial charge is 0.255 e. The topological polar surface area (TPSA) is 142 Å². The molecule has 0 bridgehead atoms. The summed E-state index contributed by atoms with van der Waals surface area (Å²) >= 11 is 0. The lowest BCUT2D eigenvalue weighted by molar-refractivity contribution is -0.137. The average Bonchev–Trinajstić information content (AvgIpc) is 3.43. The van der Waals surface area contributed by atoms with Crippen molar-refractivity contribution in [2.24, 2.45) is 11.7 Å². The third kappa shape index (κ3) is 7.79. The van der Waals surface area contributed by atoms with E-state index in [-0.39, 0.29) is 36.1 Å². The van der Waals surface area contributed by atoms with Crippen molar-refractivity contribution < 1.29 is 24.0 Å². The Morgan fingerprint density at radius 2 is 1.71 bits per heavy atom. The van der Waals surface area contributed by atoms with E-state index in [4.69, 9.17) is 5.73 Å². The van der Waals surface area contributed by atoms with Gasteiger partial charge in [0.05, 0.1) is 6.04 Å². The number of nitrogens with two attached hydrogens (primary N) is 1. The number of nitrogens with zero attached hydrogens (tertiary/aromatic N) is 2. The van der Waals surface area contributed by atoms with Crippen LogP contribution >= 0.6 is 0 Å². The lowest BCUT2D eigenvalue weighted by Crippen LogP contribution is -2.52. The van der Waals surface area contributed by atoms with E-state index in [1.165, 1.54) is 19.3 Å². The number of carbonyl (C=O) groups is 5. The minimum atomic E-state index is -0.646. The highest BCUT2D eigenvalue weighted by molar-refractivity contribution is 6.05. The first-order valence-electron chi connectivity index (χ1n) is 17.5. The number of amides is 5. The Morgan fingerprint density at radius 1 is 0.958 bits per heavy atom. The molecule has 0 radical (unpaired) electrons. The van der Waals surface area contributed by atoms with Crippen LogP contribution < -0.4 is 16.4 Å². The number of nitrogens with one attached hydrogen (secondary N) is 2. The second-order valence-electron chi connectivity index (χ2n) is 13.7. The van der Waals surface area contributed by atoms with Crippen LogP contribution in [-0.2, 0) is 27.3 Å². The Morgan fingerprint density at radius 3 is 2.44 bits per heavy atom. The quantitative estimate of drug-likeness (QED) is 0.295. The van der Waals surface area contributed by atoms with Gasteiger partial charge in [0.2, 0.25) is 17.7 Å². The number of piperidine rings is 2. The number of hydrogen-bond acceptors (Lipinski definition) is 6.